The summed E-state index contributed by atoms with van der Waals surface area (Å²) in [5.41, 5.74) is 0.802. The molecule has 0 unspecified atom stereocenters. The molecule has 88 valence electrons. The summed E-state index contributed by atoms with van der Waals surface area (Å²) in [6.07, 6.45) is 0. The van der Waals surface area contributed by atoms with Crippen molar-refractivity contribution in [2.75, 3.05) is 11.9 Å². The second-order valence-electron chi connectivity index (χ2n) is 3.63. The molecule has 1 aromatic carbocycles. The van der Waals surface area contributed by atoms with Gasteiger partial charge in [0.25, 0.3) is 0 Å². The molecule has 0 radical (unpaired) electrons. The van der Waals surface area contributed by atoms with E-state index in [-0.39, 0.29) is 23.0 Å². The third-order valence-corrected chi connectivity index (χ3v) is 3.34. The minimum Gasteiger partial charge on any atom is -0.395 e. The van der Waals surface area contributed by atoms with Crippen molar-refractivity contribution in [3.05, 3.63) is 30.3 Å². The van der Waals surface area contributed by atoms with Crippen molar-refractivity contribution >= 4 is 23.4 Å². The predicted octanol–water partition coefficient (Wildman–Crippen LogP) is 2.13. The minimum atomic E-state index is -0.164. The predicted molar refractivity (Wildman–Crippen MR) is 68.7 cm³/mol. The van der Waals surface area contributed by atoms with Gasteiger partial charge in [0, 0.05) is 10.9 Å². The average molecular weight is 239 g/mol. The number of carbonyl (C=O) groups is 1. The Balaban J connectivity index is 2.46. The van der Waals surface area contributed by atoms with Crippen molar-refractivity contribution in [3.63, 3.8) is 0 Å². The van der Waals surface area contributed by atoms with E-state index in [9.17, 15) is 4.79 Å². The van der Waals surface area contributed by atoms with Crippen LogP contribution in [0.3, 0.4) is 0 Å². The van der Waals surface area contributed by atoms with Crippen LogP contribution in [-0.4, -0.2) is 28.1 Å². The summed E-state index contributed by atoms with van der Waals surface area (Å²) in [5, 5.41) is 11.6. The molecule has 0 heterocycles. The zero-order chi connectivity index (χ0) is 12.0. The van der Waals surface area contributed by atoms with Gasteiger partial charge in [0.1, 0.15) is 0 Å². The van der Waals surface area contributed by atoms with Crippen molar-refractivity contribution < 1.29 is 9.90 Å². The molecule has 2 N–H and O–H groups in total. The highest BCUT2D eigenvalue weighted by Crippen LogP contribution is 2.18. The molecule has 1 aromatic rings. The highest BCUT2D eigenvalue weighted by Gasteiger charge is 2.16. The number of thioether (sulfide) groups is 1. The Bertz CT molecular complexity index is 329. The van der Waals surface area contributed by atoms with Crippen LogP contribution in [0.2, 0.25) is 0 Å². The van der Waals surface area contributed by atoms with E-state index in [0.29, 0.717) is 0 Å². The highest BCUT2D eigenvalue weighted by molar-refractivity contribution is 8.01. The lowest BCUT2D eigenvalue weighted by molar-refractivity contribution is -0.115. The number of carbonyl (C=O) groups excluding carboxylic acids is 1. The first-order valence-electron chi connectivity index (χ1n) is 5.25. The van der Waals surface area contributed by atoms with E-state index in [1.54, 1.807) is 0 Å². The van der Waals surface area contributed by atoms with Gasteiger partial charge in [0.2, 0.25) is 5.91 Å². The summed E-state index contributed by atoms with van der Waals surface area (Å²) in [4.78, 5) is 11.8. The summed E-state index contributed by atoms with van der Waals surface area (Å²) in [6.45, 7) is 3.83. The van der Waals surface area contributed by atoms with Gasteiger partial charge in [0.05, 0.1) is 11.9 Å². The van der Waals surface area contributed by atoms with Crippen LogP contribution >= 0.6 is 11.8 Å². The fourth-order valence-corrected chi connectivity index (χ4v) is 2.18. The Morgan fingerprint density at radius 1 is 1.38 bits per heavy atom. The molecule has 16 heavy (non-hydrogen) atoms. The minimum absolute atomic E-state index is 0.0310. The second-order valence-corrected chi connectivity index (χ2v) is 5.41. The number of rotatable bonds is 5. The molecular formula is C12H17NO2S. The van der Waals surface area contributed by atoms with Crippen molar-refractivity contribution in [1.29, 1.82) is 0 Å². The summed E-state index contributed by atoms with van der Waals surface area (Å²) in [7, 11) is 0. The van der Waals surface area contributed by atoms with Crippen molar-refractivity contribution in [2.24, 2.45) is 0 Å². The molecule has 0 aliphatic carbocycles. The quantitative estimate of drug-likeness (QED) is 0.827. The van der Waals surface area contributed by atoms with Crippen LogP contribution in [0.15, 0.2) is 30.3 Å². The normalized spacial score (nSPS) is 14.2. The van der Waals surface area contributed by atoms with Gasteiger partial charge in [-0.1, -0.05) is 25.1 Å². The van der Waals surface area contributed by atoms with E-state index in [1.165, 1.54) is 11.8 Å². The monoisotopic (exact) mass is 239 g/mol. The van der Waals surface area contributed by atoms with E-state index >= 15 is 0 Å². The third-order valence-electron chi connectivity index (χ3n) is 2.10. The summed E-state index contributed by atoms with van der Waals surface area (Å²) in [6, 6.07) is 9.37. The molecule has 0 saturated carbocycles. The molecule has 2 atom stereocenters. The van der Waals surface area contributed by atoms with Crippen molar-refractivity contribution in [1.82, 2.24) is 0 Å². The van der Waals surface area contributed by atoms with Crippen LogP contribution in [0.25, 0.3) is 0 Å². The molecule has 0 bridgehead atoms. The molecule has 0 aromatic heterocycles. The van der Waals surface area contributed by atoms with E-state index in [4.69, 9.17) is 5.11 Å². The summed E-state index contributed by atoms with van der Waals surface area (Å²) >= 11 is 1.46. The SMILES string of the molecule is C[C@@H](CO)S[C@H](C)C(=O)Nc1ccccc1. The van der Waals surface area contributed by atoms with E-state index in [2.05, 4.69) is 5.32 Å². The van der Waals surface area contributed by atoms with Crippen LogP contribution in [0.1, 0.15) is 13.8 Å². The first kappa shape index (κ1) is 13.1. The second kappa shape index (κ2) is 6.55. The fourth-order valence-electron chi connectivity index (χ4n) is 1.22. The molecule has 0 aliphatic heterocycles. The van der Waals surface area contributed by atoms with Gasteiger partial charge in [0.15, 0.2) is 0 Å². The molecule has 3 nitrogen and oxygen atoms in total. The molecule has 4 heteroatoms. The summed E-state index contributed by atoms with van der Waals surface area (Å²) < 4.78 is 0. The molecular weight excluding hydrogens is 222 g/mol. The lowest BCUT2D eigenvalue weighted by Crippen LogP contribution is -2.24. The third kappa shape index (κ3) is 4.24. The van der Waals surface area contributed by atoms with Crippen LogP contribution < -0.4 is 5.32 Å². The standard InChI is InChI=1S/C12H17NO2S/c1-9(8-14)16-10(2)12(15)13-11-6-4-3-5-7-11/h3-7,9-10,14H,8H2,1-2H3,(H,13,15)/t9-,10+/m0/s1. The Hall–Kier alpha value is -1.00. The number of anilines is 1. The van der Waals surface area contributed by atoms with Crippen molar-refractivity contribution in [2.45, 2.75) is 24.3 Å². The first-order valence-corrected chi connectivity index (χ1v) is 6.20. The lowest BCUT2D eigenvalue weighted by atomic mass is 10.3. The Morgan fingerprint density at radius 2 is 2.00 bits per heavy atom. The van der Waals surface area contributed by atoms with Crippen LogP contribution in [-0.2, 0) is 4.79 Å². The number of aliphatic hydroxyl groups excluding tert-OH is 1. The number of amides is 1. The van der Waals surface area contributed by atoms with E-state index in [0.717, 1.165) is 5.69 Å². The van der Waals surface area contributed by atoms with Gasteiger partial charge < -0.3 is 10.4 Å². The topological polar surface area (TPSA) is 49.3 Å². The molecule has 1 rings (SSSR count). The van der Waals surface area contributed by atoms with Crippen LogP contribution in [0.5, 0.6) is 0 Å². The average Bonchev–Trinajstić information content (AvgIpc) is 2.30. The van der Waals surface area contributed by atoms with Gasteiger partial charge >= 0.3 is 0 Å². The molecule has 0 saturated heterocycles. The maximum absolute atomic E-state index is 11.8. The van der Waals surface area contributed by atoms with Gasteiger partial charge in [-0.05, 0) is 19.1 Å². The van der Waals surface area contributed by atoms with Crippen LogP contribution in [0, 0.1) is 0 Å². The zero-order valence-corrected chi connectivity index (χ0v) is 10.3. The Kier molecular flexibility index (Phi) is 5.35. The highest BCUT2D eigenvalue weighted by atomic mass is 32.2. The lowest BCUT2D eigenvalue weighted by Gasteiger charge is -2.15. The number of hydrogen-bond donors (Lipinski definition) is 2. The number of nitrogens with one attached hydrogen (secondary N) is 1. The van der Waals surface area contributed by atoms with Gasteiger partial charge in [-0.15, -0.1) is 11.8 Å². The number of aliphatic hydroxyl groups is 1. The smallest absolute Gasteiger partial charge is 0.237 e. The van der Waals surface area contributed by atoms with E-state index in [1.807, 2.05) is 44.2 Å². The fraction of sp³-hybridized carbons (Fsp3) is 0.417. The molecule has 0 fully saturated rings. The first-order chi connectivity index (χ1) is 7.63. The maximum Gasteiger partial charge on any atom is 0.237 e. The number of hydrogen-bond acceptors (Lipinski definition) is 3. The molecule has 1 amide bonds. The zero-order valence-electron chi connectivity index (χ0n) is 9.51. The number of benzene rings is 1. The Labute approximate surface area is 100 Å². The molecule has 0 spiro atoms. The Morgan fingerprint density at radius 3 is 2.56 bits per heavy atom. The van der Waals surface area contributed by atoms with E-state index < -0.39 is 0 Å². The van der Waals surface area contributed by atoms with Crippen molar-refractivity contribution in [3.8, 4) is 0 Å². The molecule has 0 aliphatic rings. The summed E-state index contributed by atoms with van der Waals surface area (Å²) in [5.74, 6) is -0.0310. The van der Waals surface area contributed by atoms with Gasteiger partial charge in [-0.25, -0.2) is 0 Å². The number of para-hydroxylation sites is 1. The van der Waals surface area contributed by atoms with Gasteiger partial charge in [-0.3, -0.25) is 4.79 Å². The largest absolute Gasteiger partial charge is 0.395 e. The maximum atomic E-state index is 11.8. The van der Waals surface area contributed by atoms with Crippen LogP contribution in [0.4, 0.5) is 5.69 Å². The van der Waals surface area contributed by atoms with Gasteiger partial charge in [-0.2, -0.15) is 0 Å².